The van der Waals surface area contributed by atoms with Gasteiger partial charge in [0.1, 0.15) is 0 Å². The summed E-state index contributed by atoms with van der Waals surface area (Å²) in [6, 6.07) is 5.35. The molecule has 1 aromatic carbocycles. The van der Waals surface area contributed by atoms with Crippen LogP contribution < -0.4 is 11.1 Å². The van der Waals surface area contributed by atoms with Gasteiger partial charge in [-0.1, -0.05) is 17.7 Å². The van der Waals surface area contributed by atoms with Crippen molar-refractivity contribution in [2.24, 2.45) is 0 Å². The number of anilines is 2. The molecule has 0 saturated carbocycles. The van der Waals surface area contributed by atoms with Gasteiger partial charge in [-0.25, -0.2) is 0 Å². The van der Waals surface area contributed by atoms with Gasteiger partial charge < -0.3 is 11.1 Å². The number of halogens is 1. The predicted molar refractivity (Wildman–Crippen MR) is 67.9 cm³/mol. The number of rotatable bonds is 4. The van der Waals surface area contributed by atoms with Crippen molar-refractivity contribution in [2.75, 3.05) is 23.9 Å². The van der Waals surface area contributed by atoms with E-state index in [0.717, 1.165) is 5.69 Å². The van der Waals surface area contributed by atoms with Crippen molar-refractivity contribution in [1.29, 1.82) is 0 Å². The molecule has 0 aliphatic carbocycles. The number of hydrogen-bond donors (Lipinski definition) is 2. The standard InChI is InChI=1S/C10H15ClN2OS/c1-7(15(2)14)6-13-10-8(11)4-3-5-9(10)12/h3-5,7,13H,6,12H2,1-2H3. The first-order chi connectivity index (χ1) is 7.02. The lowest BCUT2D eigenvalue weighted by Crippen LogP contribution is -2.21. The second kappa shape index (κ2) is 5.37. The lowest BCUT2D eigenvalue weighted by molar-refractivity contribution is 0.679. The van der Waals surface area contributed by atoms with Crippen LogP contribution in [0.15, 0.2) is 18.2 Å². The average molecular weight is 247 g/mol. The van der Waals surface area contributed by atoms with Crippen molar-refractivity contribution >= 4 is 33.8 Å². The Hall–Kier alpha value is -0.740. The van der Waals surface area contributed by atoms with Gasteiger partial charge in [0, 0.05) is 28.9 Å². The molecule has 0 fully saturated rings. The molecule has 0 aliphatic heterocycles. The molecular weight excluding hydrogens is 232 g/mol. The minimum Gasteiger partial charge on any atom is -0.397 e. The highest BCUT2D eigenvalue weighted by molar-refractivity contribution is 7.84. The summed E-state index contributed by atoms with van der Waals surface area (Å²) in [7, 11) is -0.844. The van der Waals surface area contributed by atoms with Gasteiger partial charge >= 0.3 is 0 Å². The van der Waals surface area contributed by atoms with Crippen molar-refractivity contribution in [1.82, 2.24) is 0 Å². The molecule has 3 N–H and O–H groups in total. The smallest absolute Gasteiger partial charge is 0.0763 e. The third kappa shape index (κ3) is 3.39. The lowest BCUT2D eigenvalue weighted by Gasteiger charge is -2.14. The van der Waals surface area contributed by atoms with Crippen molar-refractivity contribution in [3.8, 4) is 0 Å². The number of nitrogens with one attached hydrogen (secondary N) is 1. The maximum Gasteiger partial charge on any atom is 0.0763 e. The van der Waals surface area contributed by atoms with Gasteiger partial charge in [-0.15, -0.1) is 0 Å². The monoisotopic (exact) mass is 246 g/mol. The highest BCUT2D eigenvalue weighted by atomic mass is 35.5. The van der Waals surface area contributed by atoms with Crippen LogP contribution in [0.25, 0.3) is 0 Å². The van der Waals surface area contributed by atoms with Crippen LogP contribution in [0.2, 0.25) is 5.02 Å². The van der Waals surface area contributed by atoms with Crippen LogP contribution in [0.3, 0.4) is 0 Å². The molecule has 2 unspecified atom stereocenters. The van der Waals surface area contributed by atoms with Crippen LogP contribution in [0.4, 0.5) is 11.4 Å². The third-order valence-electron chi connectivity index (χ3n) is 2.18. The van der Waals surface area contributed by atoms with Gasteiger partial charge in [-0.2, -0.15) is 0 Å². The summed E-state index contributed by atoms with van der Waals surface area (Å²) in [5.74, 6) is 0. The summed E-state index contributed by atoms with van der Waals surface area (Å²) >= 11 is 5.97. The van der Waals surface area contributed by atoms with Gasteiger partial charge in [0.2, 0.25) is 0 Å². The zero-order valence-electron chi connectivity index (χ0n) is 8.79. The zero-order chi connectivity index (χ0) is 11.4. The van der Waals surface area contributed by atoms with E-state index in [9.17, 15) is 4.21 Å². The molecule has 0 aromatic heterocycles. The first-order valence-corrected chi connectivity index (χ1v) is 6.62. The zero-order valence-corrected chi connectivity index (χ0v) is 10.4. The largest absolute Gasteiger partial charge is 0.397 e. The summed E-state index contributed by atoms with van der Waals surface area (Å²) < 4.78 is 11.1. The minimum absolute atomic E-state index is 0.0701. The van der Waals surface area contributed by atoms with Crippen molar-refractivity contribution in [2.45, 2.75) is 12.2 Å². The van der Waals surface area contributed by atoms with Gasteiger partial charge in [0.25, 0.3) is 0 Å². The maximum atomic E-state index is 11.1. The third-order valence-corrected chi connectivity index (χ3v) is 3.79. The van der Waals surface area contributed by atoms with E-state index in [4.69, 9.17) is 17.3 Å². The van der Waals surface area contributed by atoms with Gasteiger partial charge in [-0.3, -0.25) is 4.21 Å². The quantitative estimate of drug-likeness (QED) is 0.800. The Morgan fingerprint density at radius 3 is 2.80 bits per heavy atom. The molecule has 3 nitrogen and oxygen atoms in total. The van der Waals surface area contributed by atoms with E-state index < -0.39 is 10.8 Å². The molecule has 1 rings (SSSR count). The van der Waals surface area contributed by atoms with E-state index in [0.29, 0.717) is 17.3 Å². The molecule has 84 valence electrons. The lowest BCUT2D eigenvalue weighted by atomic mass is 10.2. The number of nitrogens with two attached hydrogens (primary N) is 1. The highest BCUT2D eigenvalue weighted by Crippen LogP contribution is 2.27. The molecule has 2 atom stereocenters. The summed E-state index contributed by atoms with van der Waals surface area (Å²) in [5.41, 5.74) is 7.09. The van der Waals surface area contributed by atoms with E-state index in [1.54, 1.807) is 24.5 Å². The van der Waals surface area contributed by atoms with Gasteiger partial charge in [0.05, 0.1) is 16.4 Å². The average Bonchev–Trinajstić information content (AvgIpc) is 2.16. The first kappa shape index (κ1) is 12.3. The molecule has 0 saturated heterocycles. The Kier molecular flexibility index (Phi) is 4.42. The number of benzene rings is 1. The summed E-state index contributed by atoms with van der Waals surface area (Å²) in [6.45, 7) is 2.51. The Balaban J connectivity index is 2.69. The van der Waals surface area contributed by atoms with E-state index in [1.165, 1.54) is 0 Å². The Morgan fingerprint density at radius 2 is 2.27 bits per heavy atom. The number of para-hydroxylation sites is 1. The van der Waals surface area contributed by atoms with Gasteiger partial charge in [0.15, 0.2) is 0 Å². The molecule has 15 heavy (non-hydrogen) atoms. The molecule has 0 amide bonds. The fourth-order valence-corrected chi connectivity index (χ4v) is 1.66. The van der Waals surface area contributed by atoms with Crippen LogP contribution in [-0.4, -0.2) is 22.3 Å². The van der Waals surface area contributed by atoms with Crippen LogP contribution in [-0.2, 0) is 10.8 Å². The Bertz CT molecular complexity index is 350. The van der Waals surface area contributed by atoms with Crippen LogP contribution >= 0.6 is 11.6 Å². The van der Waals surface area contributed by atoms with Crippen molar-refractivity contribution in [3.63, 3.8) is 0 Å². The van der Waals surface area contributed by atoms with Crippen molar-refractivity contribution < 1.29 is 4.21 Å². The Morgan fingerprint density at radius 1 is 1.60 bits per heavy atom. The summed E-state index contributed by atoms with van der Waals surface area (Å²) in [4.78, 5) is 0. The normalized spacial score (nSPS) is 14.6. The maximum absolute atomic E-state index is 11.1. The number of hydrogen-bond acceptors (Lipinski definition) is 3. The number of nitrogen functional groups attached to an aromatic ring is 1. The second-order valence-electron chi connectivity index (χ2n) is 3.39. The molecule has 0 heterocycles. The molecular formula is C10H15ClN2OS. The topological polar surface area (TPSA) is 55.1 Å². The molecule has 0 aliphatic rings. The predicted octanol–water partition coefficient (Wildman–Crippen LogP) is 2.10. The summed E-state index contributed by atoms with van der Waals surface area (Å²) in [5, 5.41) is 3.77. The minimum atomic E-state index is -0.844. The highest BCUT2D eigenvalue weighted by Gasteiger charge is 2.08. The van der Waals surface area contributed by atoms with E-state index in [2.05, 4.69) is 5.32 Å². The fraction of sp³-hybridized carbons (Fsp3) is 0.400. The van der Waals surface area contributed by atoms with E-state index in [1.807, 2.05) is 6.92 Å². The molecule has 0 spiro atoms. The molecule has 0 bridgehead atoms. The van der Waals surface area contributed by atoms with Crippen LogP contribution in [0.1, 0.15) is 6.92 Å². The molecule has 0 radical (unpaired) electrons. The summed E-state index contributed by atoms with van der Waals surface area (Å²) in [6.07, 6.45) is 1.68. The molecule has 1 aromatic rings. The Labute approximate surface area is 97.5 Å². The molecule has 5 heteroatoms. The van der Waals surface area contributed by atoms with Crippen LogP contribution in [0.5, 0.6) is 0 Å². The van der Waals surface area contributed by atoms with Crippen molar-refractivity contribution in [3.05, 3.63) is 23.2 Å². The van der Waals surface area contributed by atoms with E-state index in [-0.39, 0.29) is 5.25 Å². The van der Waals surface area contributed by atoms with Crippen LogP contribution in [0, 0.1) is 0 Å². The first-order valence-electron chi connectivity index (χ1n) is 4.62. The fourth-order valence-electron chi connectivity index (χ4n) is 1.09. The van der Waals surface area contributed by atoms with E-state index >= 15 is 0 Å². The SMILES string of the molecule is CC(CNc1c(N)cccc1Cl)S(C)=O. The van der Waals surface area contributed by atoms with Gasteiger partial charge in [-0.05, 0) is 19.1 Å². The second-order valence-corrected chi connectivity index (χ2v) is 5.60.